The number of aryl methyl sites for hydroxylation is 1. The number of alkyl halides is 1. The van der Waals surface area contributed by atoms with Gasteiger partial charge in [-0.05, 0) is 111 Å². The fourth-order valence-corrected chi connectivity index (χ4v) is 5.83. The third-order valence-electron chi connectivity index (χ3n) is 7.60. The van der Waals surface area contributed by atoms with E-state index in [2.05, 4.69) is 16.0 Å². The summed E-state index contributed by atoms with van der Waals surface area (Å²) in [5, 5.41) is 11.1. The molecular formula is C30H36ClFN2O3. The molecule has 4 rings (SSSR count). The Bertz CT molecular complexity index is 1190. The minimum Gasteiger partial charge on any atom is -0.497 e. The number of hydrogen-bond donors (Lipinski definition) is 1. The summed E-state index contributed by atoms with van der Waals surface area (Å²) in [7, 11) is 1.60. The number of unbranched alkanes of at least 4 members (excludes halogenated alkanes) is 1. The number of halogens is 2. The number of carbonyl (C=O) groups is 1. The molecule has 2 heterocycles. The number of fused-ring (bicyclic) bond motifs is 1. The first-order chi connectivity index (χ1) is 17.9. The van der Waals surface area contributed by atoms with Gasteiger partial charge < -0.3 is 14.7 Å². The number of ether oxygens (including phenoxy) is 1. The molecule has 2 aromatic carbocycles. The molecule has 0 amide bonds. The van der Waals surface area contributed by atoms with Gasteiger partial charge in [-0.2, -0.15) is 0 Å². The summed E-state index contributed by atoms with van der Waals surface area (Å²) in [6.07, 6.45) is 5.72. The third-order valence-corrected chi connectivity index (χ3v) is 7.84. The molecule has 1 aromatic heterocycles. The van der Waals surface area contributed by atoms with Gasteiger partial charge in [0, 0.05) is 29.6 Å². The Hall–Kier alpha value is -2.70. The van der Waals surface area contributed by atoms with Crippen LogP contribution in [0.15, 0.2) is 54.7 Å². The molecule has 0 bridgehead atoms. The number of aliphatic carboxylic acids is 1. The van der Waals surface area contributed by atoms with Crippen molar-refractivity contribution in [3.05, 3.63) is 70.9 Å². The molecule has 1 fully saturated rings. The van der Waals surface area contributed by atoms with Crippen LogP contribution in [-0.4, -0.2) is 47.7 Å². The molecule has 3 atom stereocenters. The average molecular weight is 527 g/mol. The van der Waals surface area contributed by atoms with Gasteiger partial charge in [-0.15, -0.1) is 0 Å². The van der Waals surface area contributed by atoms with Crippen molar-refractivity contribution >= 4 is 28.5 Å². The Labute approximate surface area is 223 Å². The summed E-state index contributed by atoms with van der Waals surface area (Å²) in [6, 6.07) is 15.2. The van der Waals surface area contributed by atoms with Crippen molar-refractivity contribution in [3.63, 3.8) is 0 Å². The fourth-order valence-electron chi connectivity index (χ4n) is 5.61. The largest absolute Gasteiger partial charge is 0.497 e. The molecule has 0 saturated carbocycles. The second-order valence-corrected chi connectivity index (χ2v) is 10.6. The lowest BCUT2D eigenvalue weighted by atomic mass is 9.79. The van der Waals surface area contributed by atoms with E-state index in [1.54, 1.807) is 19.4 Å². The summed E-state index contributed by atoms with van der Waals surface area (Å²) < 4.78 is 20.8. The van der Waals surface area contributed by atoms with Crippen LogP contribution in [-0.2, 0) is 11.2 Å². The zero-order valence-corrected chi connectivity index (χ0v) is 22.2. The van der Waals surface area contributed by atoms with Crippen LogP contribution in [0.3, 0.4) is 0 Å². The van der Waals surface area contributed by atoms with E-state index < -0.39 is 12.1 Å². The van der Waals surface area contributed by atoms with E-state index in [-0.39, 0.29) is 18.3 Å². The first-order valence-electron chi connectivity index (χ1n) is 13.2. The maximum Gasteiger partial charge on any atom is 0.303 e. The SMILES string of the molecule is COc1ccc2nccc([C@H](F)CC[C@@H]3CCN(CCCCc4cccc(Cl)c4)C[C@@H]3CC(=O)O)c2c1. The van der Waals surface area contributed by atoms with Gasteiger partial charge in [0.1, 0.15) is 11.9 Å². The van der Waals surface area contributed by atoms with E-state index in [1.165, 1.54) is 5.56 Å². The van der Waals surface area contributed by atoms with Crippen molar-refractivity contribution in [2.75, 3.05) is 26.7 Å². The number of hydrogen-bond acceptors (Lipinski definition) is 4. The number of aromatic nitrogens is 1. The summed E-state index contributed by atoms with van der Waals surface area (Å²) in [6.45, 7) is 2.66. The third kappa shape index (κ3) is 7.65. The molecule has 198 valence electrons. The van der Waals surface area contributed by atoms with E-state index in [9.17, 15) is 9.90 Å². The molecule has 0 unspecified atom stereocenters. The van der Waals surface area contributed by atoms with Crippen molar-refractivity contribution in [2.45, 2.75) is 51.1 Å². The minimum absolute atomic E-state index is 0.0423. The number of benzene rings is 2. The predicted octanol–water partition coefficient (Wildman–Crippen LogP) is 7.12. The molecule has 1 saturated heterocycles. The minimum atomic E-state index is -1.13. The lowest BCUT2D eigenvalue weighted by molar-refractivity contribution is -0.139. The van der Waals surface area contributed by atoms with Crippen LogP contribution >= 0.6 is 11.6 Å². The van der Waals surface area contributed by atoms with Gasteiger partial charge in [0.25, 0.3) is 0 Å². The molecule has 3 aromatic rings. The topological polar surface area (TPSA) is 62.7 Å². The Kier molecular flexibility index (Phi) is 9.75. The quantitative estimate of drug-likeness (QED) is 0.254. The van der Waals surface area contributed by atoms with E-state index >= 15 is 4.39 Å². The first kappa shape index (κ1) is 27.3. The van der Waals surface area contributed by atoms with Crippen LogP contribution in [0.4, 0.5) is 4.39 Å². The molecule has 1 aliphatic rings. The molecule has 0 radical (unpaired) electrons. The van der Waals surface area contributed by atoms with Gasteiger partial charge in [0.2, 0.25) is 0 Å². The molecule has 1 aliphatic heterocycles. The second-order valence-electron chi connectivity index (χ2n) is 10.1. The fraction of sp³-hybridized carbons (Fsp3) is 0.467. The van der Waals surface area contributed by atoms with Crippen LogP contribution in [0, 0.1) is 11.8 Å². The van der Waals surface area contributed by atoms with Crippen LogP contribution < -0.4 is 4.74 Å². The summed E-state index contributed by atoms with van der Waals surface area (Å²) in [5.41, 5.74) is 2.61. The van der Waals surface area contributed by atoms with Crippen molar-refractivity contribution in [1.82, 2.24) is 9.88 Å². The number of carboxylic acids is 1. The normalized spacial score (nSPS) is 19.1. The number of nitrogens with zero attached hydrogens (tertiary/aromatic N) is 2. The van der Waals surface area contributed by atoms with E-state index in [1.807, 2.05) is 36.4 Å². The highest BCUT2D eigenvalue weighted by atomic mass is 35.5. The lowest BCUT2D eigenvalue weighted by Gasteiger charge is -2.38. The zero-order valence-electron chi connectivity index (χ0n) is 21.4. The monoisotopic (exact) mass is 526 g/mol. The summed E-state index contributed by atoms with van der Waals surface area (Å²) in [4.78, 5) is 18.4. The Balaban J connectivity index is 1.31. The van der Waals surface area contributed by atoms with E-state index in [4.69, 9.17) is 16.3 Å². The van der Waals surface area contributed by atoms with Gasteiger partial charge >= 0.3 is 5.97 Å². The van der Waals surface area contributed by atoms with Crippen LogP contribution in [0.2, 0.25) is 5.02 Å². The number of piperidine rings is 1. The first-order valence-corrected chi connectivity index (χ1v) is 13.6. The van der Waals surface area contributed by atoms with Crippen molar-refractivity contribution < 1.29 is 19.0 Å². The van der Waals surface area contributed by atoms with Crippen molar-refractivity contribution in [1.29, 1.82) is 0 Å². The zero-order chi connectivity index (χ0) is 26.2. The molecule has 0 spiro atoms. The number of rotatable bonds is 12. The maximum atomic E-state index is 15.5. The summed E-state index contributed by atoms with van der Waals surface area (Å²) >= 11 is 6.08. The molecule has 0 aliphatic carbocycles. The molecule has 1 N–H and O–H groups in total. The highest BCUT2D eigenvalue weighted by Crippen LogP contribution is 2.36. The van der Waals surface area contributed by atoms with Crippen molar-refractivity contribution in [2.24, 2.45) is 11.8 Å². The van der Waals surface area contributed by atoms with Crippen LogP contribution in [0.5, 0.6) is 5.75 Å². The second kappa shape index (κ2) is 13.2. The van der Waals surface area contributed by atoms with Crippen molar-refractivity contribution in [3.8, 4) is 5.75 Å². The van der Waals surface area contributed by atoms with Gasteiger partial charge in [-0.1, -0.05) is 23.7 Å². The highest BCUT2D eigenvalue weighted by molar-refractivity contribution is 6.30. The molecule has 5 nitrogen and oxygen atoms in total. The number of likely N-dealkylation sites (tertiary alicyclic amines) is 1. The molecular weight excluding hydrogens is 491 g/mol. The highest BCUT2D eigenvalue weighted by Gasteiger charge is 2.31. The smallest absolute Gasteiger partial charge is 0.303 e. The van der Waals surface area contributed by atoms with E-state index in [0.29, 0.717) is 24.2 Å². The van der Waals surface area contributed by atoms with Gasteiger partial charge in [0.05, 0.1) is 12.6 Å². The Morgan fingerprint density at radius 2 is 2.08 bits per heavy atom. The van der Waals surface area contributed by atoms with Gasteiger partial charge in [0.15, 0.2) is 0 Å². The van der Waals surface area contributed by atoms with Crippen LogP contribution in [0.25, 0.3) is 10.9 Å². The average Bonchev–Trinajstić information content (AvgIpc) is 2.89. The standard InChI is InChI=1S/C30H36ClFN2O3/c1-37-25-9-11-29-27(19-25)26(12-14-33-29)28(32)10-8-22-13-16-34(20-23(22)18-30(35)36)15-3-2-5-21-6-4-7-24(31)17-21/h4,6-7,9,11-12,14,17,19,22-23,28H,2-3,5,8,10,13,15-16,18,20H2,1H3,(H,35,36)/t22-,23+,28-/m1/s1. The molecule has 37 heavy (non-hydrogen) atoms. The lowest BCUT2D eigenvalue weighted by Crippen LogP contribution is -2.41. The van der Waals surface area contributed by atoms with Gasteiger partial charge in [-0.3, -0.25) is 9.78 Å². The number of pyridine rings is 1. The Morgan fingerprint density at radius 3 is 2.86 bits per heavy atom. The number of carboxylic acid groups (broad SMARTS) is 1. The predicted molar refractivity (Wildman–Crippen MR) is 146 cm³/mol. The molecule has 7 heteroatoms. The van der Waals surface area contributed by atoms with Crippen LogP contribution in [0.1, 0.15) is 55.8 Å². The number of methoxy groups -OCH3 is 1. The maximum absolute atomic E-state index is 15.5. The Morgan fingerprint density at radius 1 is 1.22 bits per heavy atom. The van der Waals surface area contributed by atoms with Gasteiger partial charge in [-0.25, -0.2) is 4.39 Å². The summed E-state index contributed by atoms with van der Waals surface area (Å²) in [5.74, 6) is 0.151. The van der Waals surface area contributed by atoms with E-state index in [0.717, 1.165) is 61.2 Å².